The van der Waals surface area contributed by atoms with Crippen molar-refractivity contribution in [3.8, 4) is 0 Å². The zero-order valence-corrected chi connectivity index (χ0v) is 36.6. The standard InChI is InChI=1S/4C10H22.Na.H2O4S.H/c4*1-3-5-7-9-10-8-6-4-2;;1-5(2,3)4;/h4*3-10H2,1-2H3;;(H2,1,2,3,4);/q;;;;+1;;-1. The zero-order valence-electron chi connectivity index (χ0n) is 34.7. The minimum atomic E-state index is -4.67. The van der Waals surface area contributed by atoms with Crippen molar-refractivity contribution < 1.29 is 48.5 Å². The van der Waals surface area contributed by atoms with Crippen LogP contribution in [0, 0.1) is 0 Å². The summed E-state index contributed by atoms with van der Waals surface area (Å²) < 4.78 is 31.6. The van der Waals surface area contributed by atoms with Crippen LogP contribution in [0.25, 0.3) is 0 Å². The van der Waals surface area contributed by atoms with Crippen molar-refractivity contribution >= 4 is 10.4 Å². The number of hydrogen-bond acceptors (Lipinski definition) is 2. The van der Waals surface area contributed by atoms with Crippen LogP contribution in [0.5, 0.6) is 0 Å². The Bertz CT molecular complexity index is 432. The Kier molecular flexibility index (Phi) is 78.5. The normalized spacial score (nSPS) is 10.1. The van der Waals surface area contributed by atoms with E-state index in [1.807, 2.05) is 0 Å². The van der Waals surface area contributed by atoms with Crippen molar-refractivity contribution in [1.29, 1.82) is 0 Å². The Morgan fingerprint density at radius 3 is 0.413 bits per heavy atom. The average molecular weight is 691 g/mol. The van der Waals surface area contributed by atoms with Gasteiger partial charge in [-0.05, 0) is 0 Å². The predicted molar refractivity (Wildman–Crippen MR) is 208 cm³/mol. The van der Waals surface area contributed by atoms with Crippen molar-refractivity contribution in [3.05, 3.63) is 0 Å². The van der Waals surface area contributed by atoms with E-state index in [-0.39, 0.29) is 31.0 Å². The second-order valence-electron chi connectivity index (χ2n) is 12.9. The van der Waals surface area contributed by atoms with Gasteiger partial charge in [0.05, 0.1) is 0 Å². The molecule has 0 aliphatic rings. The first-order chi connectivity index (χ1) is 21.7. The third-order valence-corrected chi connectivity index (χ3v) is 7.83. The van der Waals surface area contributed by atoms with Gasteiger partial charge >= 0.3 is 40.0 Å². The summed E-state index contributed by atoms with van der Waals surface area (Å²) in [4.78, 5) is 0. The van der Waals surface area contributed by atoms with Crippen LogP contribution in [0.1, 0.15) is 262 Å². The quantitative estimate of drug-likeness (QED) is 0.0487. The van der Waals surface area contributed by atoms with E-state index in [1.165, 1.54) is 205 Å². The third kappa shape index (κ3) is 104. The summed E-state index contributed by atoms with van der Waals surface area (Å²) in [7, 11) is -4.67. The van der Waals surface area contributed by atoms with E-state index >= 15 is 0 Å². The van der Waals surface area contributed by atoms with Gasteiger partial charge < -0.3 is 1.43 Å². The number of unbranched alkanes of at least 4 members (excludes halogenated alkanes) is 28. The SMILES string of the molecule is CCCCCCCCCC.CCCCCCCCCC.CCCCCCCCCC.CCCCCCCCCC.O=S(=O)(O)O.[H-].[Na+]. The average Bonchev–Trinajstić information content (AvgIpc) is 3.00. The monoisotopic (exact) mass is 691 g/mol. The van der Waals surface area contributed by atoms with Gasteiger partial charge in [-0.25, -0.2) is 0 Å². The van der Waals surface area contributed by atoms with Gasteiger partial charge in [0.25, 0.3) is 0 Å². The number of hydrogen-bond donors (Lipinski definition) is 2. The molecule has 0 unspecified atom stereocenters. The van der Waals surface area contributed by atoms with Crippen LogP contribution in [-0.4, -0.2) is 17.5 Å². The Morgan fingerprint density at radius 1 is 0.283 bits per heavy atom. The molecule has 0 amide bonds. The maximum atomic E-state index is 8.74. The molecule has 0 aliphatic heterocycles. The van der Waals surface area contributed by atoms with E-state index < -0.39 is 10.4 Å². The van der Waals surface area contributed by atoms with Gasteiger partial charge in [-0.3, -0.25) is 9.11 Å². The van der Waals surface area contributed by atoms with Crippen LogP contribution >= 0.6 is 0 Å². The largest absolute Gasteiger partial charge is 1.00 e. The van der Waals surface area contributed by atoms with Crippen molar-refractivity contribution in [1.82, 2.24) is 0 Å². The molecule has 4 nitrogen and oxygen atoms in total. The van der Waals surface area contributed by atoms with E-state index in [0.29, 0.717) is 0 Å². The Balaban J connectivity index is -0.0000000855. The molecule has 0 saturated heterocycles. The first-order valence-corrected chi connectivity index (χ1v) is 21.8. The minimum Gasteiger partial charge on any atom is -1.00 e. The topological polar surface area (TPSA) is 74.6 Å². The molecule has 0 aromatic carbocycles. The second kappa shape index (κ2) is 61.1. The molecule has 0 radical (unpaired) electrons. The smallest absolute Gasteiger partial charge is 1.00 e. The van der Waals surface area contributed by atoms with E-state index in [1.54, 1.807) is 0 Å². The molecule has 0 atom stereocenters. The van der Waals surface area contributed by atoms with Crippen molar-refractivity contribution in [2.24, 2.45) is 0 Å². The van der Waals surface area contributed by atoms with Gasteiger partial charge in [0.15, 0.2) is 0 Å². The van der Waals surface area contributed by atoms with Gasteiger partial charge in [0.2, 0.25) is 0 Å². The molecule has 46 heavy (non-hydrogen) atoms. The molecule has 6 heteroatoms. The minimum absolute atomic E-state index is 0. The van der Waals surface area contributed by atoms with Crippen LogP contribution in [-0.2, 0) is 10.4 Å². The maximum Gasteiger partial charge on any atom is 1.00 e. The van der Waals surface area contributed by atoms with Crippen LogP contribution in [0.3, 0.4) is 0 Å². The first-order valence-electron chi connectivity index (χ1n) is 20.4. The van der Waals surface area contributed by atoms with Gasteiger partial charge in [-0.1, -0.05) is 261 Å². The molecule has 0 aromatic heterocycles. The summed E-state index contributed by atoms with van der Waals surface area (Å²) >= 11 is 0. The molecule has 0 saturated carbocycles. The van der Waals surface area contributed by atoms with E-state index in [9.17, 15) is 0 Å². The van der Waals surface area contributed by atoms with E-state index in [0.717, 1.165) is 0 Å². The van der Waals surface area contributed by atoms with E-state index in [4.69, 9.17) is 17.5 Å². The van der Waals surface area contributed by atoms with Crippen LogP contribution in [0.15, 0.2) is 0 Å². The maximum absolute atomic E-state index is 8.74. The Hall–Kier alpha value is 0.870. The number of rotatable bonds is 28. The summed E-state index contributed by atoms with van der Waals surface area (Å²) in [5.74, 6) is 0. The molecule has 0 rings (SSSR count). The molecule has 0 fully saturated rings. The summed E-state index contributed by atoms with van der Waals surface area (Å²) in [6.07, 6.45) is 45.8. The van der Waals surface area contributed by atoms with Crippen molar-refractivity contribution in [3.63, 3.8) is 0 Å². The van der Waals surface area contributed by atoms with Crippen molar-refractivity contribution in [2.45, 2.75) is 261 Å². The fourth-order valence-corrected chi connectivity index (χ4v) is 4.83. The molecule has 0 aromatic rings. The van der Waals surface area contributed by atoms with E-state index in [2.05, 4.69) is 55.4 Å². The molecular formula is C40H91NaO4S. The summed E-state index contributed by atoms with van der Waals surface area (Å²) in [6, 6.07) is 0. The van der Waals surface area contributed by atoms with Gasteiger partial charge in [0.1, 0.15) is 0 Å². The Morgan fingerprint density at radius 2 is 0.348 bits per heavy atom. The van der Waals surface area contributed by atoms with Crippen molar-refractivity contribution in [2.75, 3.05) is 0 Å². The summed E-state index contributed by atoms with van der Waals surface area (Å²) in [5.41, 5.74) is 0. The fraction of sp³-hybridized carbons (Fsp3) is 1.00. The molecule has 0 spiro atoms. The molecule has 0 heterocycles. The molecule has 0 aliphatic carbocycles. The van der Waals surface area contributed by atoms with Gasteiger partial charge in [-0.2, -0.15) is 8.42 Å². The second-order valence-corrected chi connectivity index (χ2v) is 13.8. The van der Waals surface area contributed by atoms with Gasteiger partial charge in [-0.15, -0.1) is 0 Å². The Labute approximate surface area is 318 Å². The summed E-state index contributed by atoms with van der Waals surface area (Å²) in [5, 5.41) is 0. The fourth-order valence-electron chi connectivity index (χ4n) is 4.83. The van der Waals surface area contributed by atoms with Crippen LogP contribution < -0.4 is 29.6 Å². The van der Waals surface area contributed by atoms with Crippen LogP contribution in [0.2, 0.25) is 0 Å². The predicted octanol–water partition coefficient (Wildman–Crippen LogP) is 13.1. The van der Waals surface area contributed by atoms with Gasteiger partial charge in [0, 0.05) is 0 Å². The molecule has 0 bridgehead atoms. The molecule has 282 valence electrons. The molecular weight excluding hydrogens is 599 g/mol. The molecule has 2 N–H and O–H groups in total. The zero-order chi connectivity index (χ0) is 35.1. The summed E-state index contributed by atoms with van der Waals surface area (Å²) in [6.45, 7) is 18.2. The third-order valence-electron chi connectivity index (χ3n) is 7.83. The van der Waals surface area contributed by atoms with Crippen LogP contribution in [0.4, 0.5) is 0 Å². The first kappa shape index (κ1) is 59.0.